The van der Waals surface area contributed by atoms with Gasteiger partial charge in [-0.1, -0.05) is 36.4 Å². The number of pyridine rings is 1. The summed E-state index contributed by atoms with van der Waals surface area (Å²) in [6.07, 6.45) is 6.90. The van der Waals surface area contributed by atoms with Gasteiger partial charge in [0.1, 0.15) is 5.75 Å². The second-order valence-electron chi connectivity index (χ2n) is 7.66. The Bertz CT molecular complexity index is 1480. The third-order valence-corrected chi connectivity index (χ3v) is 5.35. The molecule has 0 radical (unpaired) electrons. The average molecular weight is 440 g/mol. The molecule has 3 aromatic carbocycles. The molecule has 6 heteroatoms. The zero-order chi connectivity index (χ0) is 23.5. The van der Waals surface area contributed by atoms with Gasteiger partial charge in [0.25, 0.3) is 11.5 Å². The van der Waals surface area contributed by atoms with E-state index in [9.17, 15) is 14.0 Å². The van der Waals surface area contributed by atoms with Crippen LogP contribution in [0.2, 0.25) is 0 Å². The zero-order valence-corrected chi connectivity index (χ0v) is 18.2. The number of halogens is 1. The highest BCUT2D eigenvalue weighted by Gasteiger charge is 2.19. The van der Waals surface area contributed by atoms with Gasteiger partial charge in [0, 0.05) is 36.3 Å². The Labute approximate surface area is 190 Å². The van der Waals surface area contributed by atoms with Crippen LogP contribution in [0.5, 0.6) is 11.5 Å². The van der Waals surface area contributed by atoms with E-state index in [0.29, 0.717) is 33.2 Å². The number of carbonyl (C=O) groups is 1. The number of aryl methyl sites for hydroxylation is 2. The van der Waals surface area contributed by atoms with Crippen LogP contribution in [-0.4, -0.2) is 10.5 Å². The van der Waals surface area contributed by atoms with Crippen LogP contribution in [0.15, 0.2) is 71.7 Å². The van der Waals surface area contributed by atoms with Crippen LogP contribution in [0.25, 0.3) is 21.9 Å². The van der Waals surface area contributed by atoms with Gasteiger partial charge >= 0.3 is 0 Å². The Hall–Kier alpha value is -4.37. The van der Waals surface area contributed by atoms with E-state index in [1.807, 2.05) is 24.1 Å². The molecule has 1 amide bonds. The maximum Gasteiger partial charge on any atom is 0.295 e. The first-order valence-corrected chi connectivity index (χ1v) is 10.3. The molecule has 4 rings (SSSR count). The molecule has 0 saturated carbocycles. The molecule has 164 valence electrons. The molecule has 0 bridgehead atoms. The van der Waals surface area contributed by atoms with Crippen molar-refractivity contribution in [3.63, 3.8) is 0 Å². The summed E-state index contributed by atoms with van der Waals surface area (Å²) >= 11 is 0. The summed E-state index contributed by atoms with van der Waals surface area (Å²) in [5.41, 5.74) is 2.67. The summed E-state index contributed by atoms with van der Waals surface area (Å²) in [7, 11) is 1.67. The van der Waals surface area contributed by atoms with Crippen LogP contribution >= 0.6 is 0 Å². The van der Waals surface area contributed by atoms with Crippen molar-refractivity contribution in [2.75, 3.05) is 0 Å². The minimum Gasteiger partial charge on any atom is -0.454 e. The van der Waals surface area contributed by atoms with Gasteiger partial charge in [-0.2, -0.15) is 0 Å². The van der Waals surface area contributed by atoms with Gasteiger partial charge in [-0.25, -0.2) is 4.39 Å². The Balaban J connectivity index is 1.96. The first-order chi connectivity index (χ1) is 15.9. The number of terminal acetylenes is 1. The molecule has 0 unspecified atom stereocenters. The van der Waals surface area contributed by atoms with Crippen molar-refractivity contribution in [3.8, 4) is 35.0 Å². The predicted octanol–water partition coefficient (Wildman–Crippen LogP) is 4.69. The van der Waals surface area contributed by atoms with Crippen LogP contribution in [-0.2, 0) is 18.4 Å². The lowest BCUT2D eigenvalue weighted by Gasteiger charge is -2.18. The number of hydrogen-bond acceptors (Lipinski definition) is 3. The van der Waals surface area contributed by atoms with Crippen LogP contribution in [0, 0.1) is 25.1 Å². The van der Waals surface area contributed by atoms with Gasteiger partial charge in [-0.3, -0.25) is 9.59 Å². The topological polar surface area (TPSA) is 60.3 Å². The third kappa shape index (κ3) is 4.35. The molecule has 0 aliphatic heterocycles. The van der Waals surface area contributed by atoms with Gasteiger partial charge in [0.15, 0.2) is 11.6 Å². The third-order valence-electron chi connectivity index (χ3n) is 5.35. The van der Waals surface area contributed by atoms with Crippen molar-refractivity contribution >= 4 is 16.7 Å². The fourth-order valence-electron chi connectivity index (χ4n) is 3.76. The Kier molecular flexibility index (Phi) is 5.97. The van der Waals surface area contributed by atoms with E-state index in [1.165, 1.54) is 10.6 Å². The summed E-state index contributed by atoms with van der Waals surface area (Å²) < 4.78 is 22.1. The van der Waals surface area contributed by atoms with Crippen molar-refractivity contribution in [1.29, 1.82) is 0 Å². The number of fused-ring (bicyclic) bond motifs is 1. The molecule has 1 heterocycles. The summed E-state index contributed by atoms with van der Waals surface area (Å²) in [4.78, 5) is 24.4. The standard InChI is InChI=1S/C27H21FN2O3/c1-4-25(31)29-15-18-8-7-11-24(33-23-13-12-17(2)14-22(23)28)26(18)21-16-30(3)27(32)20-10-6-5-9-19(20)21/h1,5-14,16H,15H2,2-3H3,(H,29,31). The molecular weight excluding hydrogens is 419 g/mol. The van der Waals surface area contributed by atoms with Crippen molar-refractivity contribution < 1.29 is 13.9 Å². The molecule has 0 saturated heterocycles. The van der Waals surface area contributed by atoms with E-state index in [2.05, 4.69) is 5.32 Å². The highest BCUT2D eigenvalue weighted by Crippen LogP contribution is 2.39. The van der Waals surface area contributed by atoms with Crippen molar-refractivity contribution in [1.82, 2.24) is 9.88 Å². The van der Waals surface area contributed by atoms with Crippen LogP contribution < -0.4 is 15.6 Å². The molecule has 1 N–H and O–H groups in total. The Morgan fingerprint density at radius 2 is 1.85 bits per heavy atom. The summed E-state index contributed by atoms with van der Waals surface area (Å²) in [6.45, 7) is 1.92. The van der Waals surface area contributed by atoms with E-state index in [-0.39, 0.29) is 17.9 Å². The minimum absolute atomic E-state index is 0.0702. The van der Waals surface area contributed by atoms with Crippen molar-refractivity contribution in [2.45, 2.75) is 13.5 Å². The number of rotatable bonds is 5. The SMILES string of the molecule is C#CC(=O)NCc1cccc(Oc2ccc(C)cc2F)c1-c1cn(C)c(=O)c2ccccc12. The molecule has 33 heavy (non-hydrogen) atoms. The fraction of sp³-hybridized carbons (Fsp3) is 0.111. The quantitative estimate of drug-likeness (QED) is 0.458. The van der Waals surface area contributed by atoms with Crippen LogP contribution in [0.4, 0.5) is 4.39 Å². The summed E-state index contributed by atoms with van der Waals surface area (Å²) in [5.74, 6) is 1.44. The molecule has 1 aromatic heterocycles. The number of nitrogens with zero attached hydrogens (tertiary/aromatic N) is 1. The molecular formula is C27H21FN2O3. The normalized spacial score (nSPS) is 10.6. The van der Waals surface area contributed by atoms with Crippen molar-refractivity contribution in [2.24, 2.45) is 7.05 Å². The van der Waals surface area contributed by atoms with E-state index < -0.39 is 11.7 Å². The number of amides is 1. The molecule has 4 aromatic rings. The number of carbonyl (C=O) groups excluding carboxylic acids is 1. The smallest absolute Gasteiger partial charge is 0.295 e. The lowest BCUT2D eigenvalue weighted by molar-refractivity contribution is -0.115. The number of aromatic nitrogens is 1. The molecule has 0 aliphatic rings. The molecule has 0 aliphatic carbocycles. The number of ether oxygens (including phenoxy) is 1. The lowest BCUT2D eigenvalue weighted by Crippen LogP contribution is -2.21. The zero-order valence-electron chi connectivity index (χ0n) is 18.2. The lowest BCUT2D eigenvalue weighted by atomic mass is 9.95. The maximum absolute atomic E-state index is 14.6. The van der Waals surface area contributed by atoms with E-state index in [4.69, 9.17) is 11.2 Å². The van der Waals surface area contributed by atoms with Crippen LogP contribution in [0.3, 0.4) is 0 Å². The monoisotopic (exact) mass is 440 g/mol. The van der Waals surface area contributed by atoms with Crippen LogP contribution in [0.1, 0.15) is 11.1 Å². The average Bonchev–Trinajstić information content (AvgIpc) is 2.82. The van der Waals surface area contributed by atoms with Gasteiger partial charge in [-0.15, -0.1) is 6.42 Å². The summed E-state index contributed by atoms with van der Waals surface area (Å²) in [6, 6.07) is 17.3. The Morgan fingerprint density at radius 3 is 2.58 bits per heavy atom. The summed E-state index contributed by atoms with van der Waals surface area (Å²) in [5, 5.41) is 3.92. The largest absolute Gasteiger partial charge is 0.454 e. The second-order valence-corrected chi connectivity index (χ2v) is 7.66. The van der Waals surface area contributed by atoms with Crippen molar-refractivity contribution in [3.05, 3.63) is 94.2 Å². The number of benzene rings is 3. The van der Waals surface area contributed by atoms with E-state index in [0.717, 1.165) is 5.56 Å². The molecule has 0 atom stereocenters. The number of hydrogen-bond donors (Lipinski definition) is 1. The molecule has 0 spiro atoms. The van der Waals surface area contributed by atoms with E-state index >= 15 is 0 Å². The first kappa shape index (κ1) is 21.8. The fourth-order valence-corrected chi connectivity index (χ4v) is 3.76. The van der Waals surface area contributed by atoms with Gasteiger partial charge < -0.3 is 14.6 Å². The maximum atomic E-state index is 14.6. The highest BCUT2D eigenvalue weighted by atomic mass is 19.1. The van der Waals surface area contributed by atoms with Gasteiger partial charge in [0.2, 0.25) is 0 Å². The van der Waals surface area contributed by atoms with E-state index in [1.54, 1.807) is 56.6 Å². The van der Waals surface area contributed by atoms with Gasteiger partial charge in [-0.05, 0) is 53.6 Å². The number of nitrogens with one attached hydrogen (secondary N) is 1. The highest BCUT2D eigenvalue weighted by molar-refractivity contribution is 5.98. The Morgan fingerprint density at radius 1 is 1.09 bits per heavy atom. The molecule has 0 fully saturated rings. The first-order valence-electron chi connectivity index (χ1n) is 10.3. The second kappa shape index (κ2) is 9.01. The predicted molar refractivity (Wildman–Crippen MR) is 127 cm³/mol. The minimum atomic E-state index is -0.554. The molecule has 5 nitrogen and oxygen atoms in total. The van der Waals surface area contributed by atoms with Gasteiger partial charge in [0.05, 0.1) is 0 Å².